The van der Waals surface area contributed by atoms with Crippen LogP contribution in [0.4, 0.5) is 5.69 Å². The van der Waals surface area contributed by atoms with E-state index in [4.69, 9.17) is 16.3 Å². The van der Waals surface area contributed by atoms with Gasteiger partial charge in [-0.05, 0) is 67.8 Å². The first-order valence-corrected chi connectivity index (χ1v) is 16.6. The lowest BCUT2D eigenvalue weighted by molar-refractivity contribution is -0.119. The average molecular weight is 669 g/mol. The molecule has 2 atom stereocenters. The lowest BCUT2D eigenvalue weighted by Crippen LogP contribution is -2.36. The molecule has 4 aromatic rings. The third-order valence-corrected chi connectivity index (χ3v) is 9.47. The van der Waals surface area contributed by atoms with E-state index in [0.29, 0.717) is 48.2 Å². The van der Waals surface area contributed by atoms with Crippen molar-refractivity contribution in [1.82, 2.24) is 25.1 Å². The third kappa shape index (κ3) is 7.68. The number of anilines is 1. The fourth-order valence-corrected chi connectivity index (χ4v) is 6.86. The van der Waals surface area contributed by atoms with Crippen LogP contribution in [0.25, 0.3) is 22.4 Å². The second-order valence-electron chi connectivity index (χ2n) is 12.7. The van der Waals surface area contributed by atoms with E-state index in [2.05, 4.69) is 30.4 Å². The van der Waals surface area contributed by atoms with Gasteiger partial charge in [0.05, 0.1) is 23.9 Å². The minimum absolute atomic E-state index is 0.114. The van der Waals surface area contributed by atoms with E-state index in [9.17, 15) is 14.7 Å². The van der Waals surface area contributed by atoms with E-state index in [1.54, 1.807) is 25.6 Å². The summed E-state index contributed by atoms with van der Waals surface area (Å²) in [7, 11) is 3.69. The second-order valence-corrected chi connectivity index (χ2v) is 13.1. The van der Waals surface area contributed by atoms with Gasteiger partial charge in [0.1, 0.15) is 11.4 Å². The quantitative estimate of drug-likeness (QED) is 0.197. The maximum Gasteiger partial charge on any atom is 0.274 e. The highest BCUT2D eigenvalue weighted by molar-refractivity contribution is 6.35. The Bertz CT molecular complexity index is 1800. The number of benzene rings is 2. The van der Waals surface area contributed by atoms with Crippen LogP contribution in [0.5, 0.6) is 5.75 Å². The van der Waals surface area contributed by atoms with E-state index in [0.717, 1.165) is 65.1 Å². The van der Waals surface area contributed by atoms with Crippen LogP contribution in [0.15, 0.2) is 67.0 Å². The standard InChI is InChI=1S/C37H41ClN6O4/c1-23-29(5-4-6-31(23)42-37(47)32-11-7-24(18-40-32)19-44-16-14-28(45)22-44)30-13-15-39-36(35(30)38)25-8-9-26(33(17-25)48-3)20-43(2)21-27-10-12-34(46)41-27/h4-9,11,13,15,17-18,27-28,45H,10,12,14,16,19-22H2,1-3H3,(H,41,46)(H,42,47)/t27-,28+/m0/s1. The first kappa shape index (κ1) is 33.5. The molecule has 2 aliphatic rings. The van der Waals surface area contributed by atoms with Crippen molar-refractivity contribution in [3.63, 3.8) is 0 Å². The smallest absolute Gasteiger partial charge is 0.274 e. The number of nitrogens with zero attached hydrogens (tertiary/aromatic N) is 4. The highest BCUT2D eigenvalue weighted by Gasteiger charge is 2.23. The highest BCUT2D eigenvalue weighted by atomic mass is 35.5. The number of rotatable bonds is 11. The number of hydrogen-bond donors (Lipinski definition) is 3. The summed E-state index contributed by atoms with van der Waals surface area (Å²) in [5.41, 5.74) is 7.00. The van der Waals surface area contributed by atoms with E-state index in [1.807, 2.05) is 62.5 Å². The molecule has 6 rings (SSSR count). The molecule has 0 saturated carbocycles. The van der Waals surface area contributed by atoms with Crippen molar-refractivity contribution in [2.24, 2.45) is 0 Å². The summed E-state index contributed by atoms with van der Waals surface area (Å²) in [5.74, 6) is 0.546. The normalized spacial score (nSPS) is 17.9. The number of halogens is 1. The molecule has 3 N–H and O–H groups in total. The Morgan fingerprint density at radius 1 is 1.15 bits per heavy atom. The predicted octanol–water partition coefficient (Wildman–Crippen LogP) is 5.31. The number of hydrogen-bond acceptors (Lipinski definition) is 8. The van der Waals surface area contributed by atoms with Gasteiger partial charge in [-0.1, -0.05) is 41.9 Å². The van der Waals surface area contributed by atoms with Gasteiger partial charge in [-0.3, -0.25) is 29.4 Å². The lowest BCUT2D eigenvalue weighted by Gasteiger charge is -2.22. The number of methoxy groups -OCH3 is 1. The Labute approximate surface area is 286 Å². The largest absolute Gasteiger partial charge is 0.496 e. The van der Waals surface area contributed by atoms with Gasteiger partial charge in [0.15, 0.2) is 0 Å². The third-order valence-electron chi connectivity index (χ3n) is 9.09. The SMILES string of the molecule is COc1cc(-c2nccc(-c3cccc(NC(=O)c4ccc(CN5CC[C@@H](O)C5)cn4)c3C)c2Cl)ccc1CN(C)C[C@@H]1CCC(=O)N1. The van der Waals surface area contributed by atoms with Crippen LogP contribution < -0.4 is 15.4 Å². The summed E-state index contributed by atoms with van der Waals surface area (Å²) in [6.07, 6.45) is 5.40. The van der Waals surface area contributed by atoms with Crippen LogP contribution >= 0.6 is 11.6 Å². The second kappa shape index (κ2) is 14.8. The number of aromatic nitrogens is 2. The predicted molar refractivity (Wildman–Crippen MR) is 187 cm³/mol. The highest BCUT2D eigenvalue weighted by Crippen LogP contribution is 2.39. The van der Waals surface area contributed by atoms with Gasteiger partial charge in [-0.2, -0.15) is 0 Å². The van der Waals surface area contributed by atoms with Crippen LogP contribution in [0, 0.1) is 6.92 Å². The molecular formula is C37H41ClN6O4. The number of likely N-dealkylation sites (N-methyl/N-ethyl adjacent to an activating group) is 1. The number of amides is 2. The number of aliphatic hydroxyl groups excluding tert-OH is 1. The zero-order valence-electron chi connectivity index (χ0n) is 27.5. The van der Waals surface area contributed by atoms with Crippen LogP contribution in [-0.2, 0) is 17.9 Å². The molecule has 2 fully saturated rings. The molecule has 2 aromatic heterocycles. The summed E-state index contributed by atoms with van der Waals surface area (Å²) in [6, 6.07) is 17.4. The fourth-order valence-electron chi connectivity index (χ4n) is 6.54. The molecule has 2 aromatic carbocycles. The molecule has 0 bridgehead atoms. The van der Waals surface area contributed by atoms with Crippen LogP contribution in [0.2, 0.25) is 5.02 Å². The van der Waals surface area contributed by atoms with Crippen molar-refractivity contribution in [2.45, 2.75) is 51.4 Å². The molecule has 0 spiro atoms. The molecule has 250 valence electrons. The van der Waals surface area contributed by atoms with Gasteiger partial charge in [0.2, 0.25) is 5.91 Å². The average Bonchev–Trinajstić information content (AvgIpc) is 3.69. The number of aliphatic hydroxyl groups is 1. The monoisotopic (exact) mass is 668 g/mol. The molecule has 2 aliphatic heterocycles. The van der Waals surface area contributed by atoms with Gasteiger partial charge >= 0.3 is 0 Å². The van der Waals surface area contributed by atoms with Crippen molar-refractivity contribution in [3.05, 3.63) is 94.4 Å². The van der Waals surface area contributed by atoms with Gasteiger partial charge in [0, 0.05) is 80.0 Å². The first-order valence-electron chi connectivity index (χ1n) is 16.2. The Morgan fingerprint density at radius 3 is 2.71 bits per heavy atom. The fraction of sp³-hybridized carbons (Fsp3) is 0.351. The van der Waals surface area contributed by atoms with Crippen molar-refractivity contribution < 1.29 is 19.4 Å². The molecular weight excluding hydrogens is 628 g/mol. The van der Waals surface area contributed by atoms with Gasteiger partial charge in [0.25, 0.3) is 5.91 Å². The molecule has 0 aliphatic carbocycles. The number of ether oxygens (including phenoxy) is 1. The van der Waals surface area contributed by atoms with Crippen molar-refractivity contribution >= 4 is 29.1 Å². The molecule has 0 radical (unpaired) electrons. The van der Waals surface area contributed by atoms with E-state index >= 15 is 0 Å². The van der Waals surface area contributed by atoms with E-state index in [1.165, 1.54) is 0 Å². The van der Waals surface area contributed by atoms with Crippen LogP contribution in [0.3, 0.4) is 0 Å². The maximum atomic E-state index is 13.2. The Hall–Kier alpha value is -4.35. The zero-order valence-corrected chi connectivity index (χ0v) is 28.3. The van der Waals surface area contributed by atoms with Crippen molar-refractivity contribution in [2.75, 3.05) is 39.1 Å². The number of carbonyl (C=O) groups is 2. The summed E-state index contributed by atoms with van der Waals surface area (Å²) < 4.78 is 5.77. The molecule has 11 heteroatoms. The van der Waals surface area contributed by atoms with E-state index in [-0.39, 0.29) is 24.0 Å². The van der Waals surface area contributed by atoms with Gasteiger partial charge < -0.3 is 20.5 Å². The number of β-amino-alcohol motifs (C(OH)–C–C–N with tert-alkyl or cyclic N) is 1. The van der Waals surface area contributed by atoms with E-state index < -0.39 is 0 Å². The summed E-state index contributed by atoms with van der Waals surface area (Å²) in [5, 5.41) is 16.3. The van der Waals surface area contributed by atoms with Gasteiger partial charge in [-0.25, -0.2) is 0 Å². The number of carbonyl (C=O) groups excluding carboxylic acids is 2. The molecule has 10 nitrogen and oxygen atoms in total. The number of nitrogens with one attached hydrogen (secondary N) is 2. The molecule has 48 heavy (non-hydrogen) atoms. The molecule has 2 saturated heterocycles. The first-order chi connectivity index (χ1) is 23.2. The Balaban J connectivity index is 1.17. The number of pyridine rings is 2. The van der Waals surface area contributed by atoms with Crippen molar-refractivity contribution in [3.8, 4) is 28.1 Å². The minimum atomic E-state index is -0.300. The molecule has 4 heterocycles. The van der Waals surface area contributed by atoms with Crippen molar-refractivity contribution in [1.29, 1.82) is 0 Å². The summed E-state index contributed by atoms with van der Waals surface area (Å²) in [4.78, 5) is 38.2. The minimum Gasteiger partial charge on any atom is -0.496 e. The lowest BCUT2D eigenvalue weighted by atomic mass is 9.97. The van der Waals surface area contributed by atoms with Crippen LogP contribution in [0.1, 0.15) is 46.4 Å². The Morgan fingerprint density at radius 2 is 2.00 bits per heavy atom. The summed E-state index contributed by atoms with van der Waals surface area (Å²) >= 11 is 7.05. The zero-order chi connectivity index (χ0) is 33.8. The van der Waals surface area contributed by atoms with Crippen LogP contribution in [-0.4, -0.2) is 82.6 Å². The van der Waals surface area contributed by atoms with Gasteiger partial charge in [-0.15, -0.1) is 0 Å². The topological polar surface area (TPSA) is 120 Å². The molecule has 2 amide bonds. The Kier molecular flexibility index (Phi) is 10.4. The number of likely N-dealkylation sites (tertiary alicyclic amines) is 1. The summed E-state index contributed by atoms with van der Waals surface area (Å²) in [6.45, 7) is 5.58. The molecule has 0 unspecified atom stereocenters. The maximum absolute atomic E-state index is 13.2.